The lowest BCUT2D eigenvalue weighted by molar-refractivity contribution is -0.123. The van der Waals surface area contributed by atoms with Gasteiger partial charge < -0.3 is 34.9 Å². The van der Waals surface area contributed by atoms with Crippen LogP contribution in [0, 0.1) is 12.3 Å². The molecule has 1 fully saturated rings. The number of benzene rings is 2. The molecular weight excluding hydrogens is 709 g/mol. The summed E-state index contributed by atoms with van der Waals surface area (Å²) in [5.41, 5.74) is 13.0. The number of aromatic nitrogens is 4. The average Bonchev–Trinajstić information content (AvgIpc) is 3.69. The fourth-order valence-electron chi connectivity index (χ4n) is 6.99. The highest BCUT2D eigenvalue weighted by atomic mass is 35.5. The van der Waals surface area contributed by atoms with Crippen molar-refractivity contribution in [3.63, 3.8) is 0 Å². The first-order valence-corrected chi connectivity index (χ1v) is 17.9. The summed E-state index contributed by atoms with van der Waals surface area (Å²) >= 11 is 8.34. The van der Waals surface area contributed by atoms with Crippen LogP contribution in [-0.2, 0) is 22.6 Å². The number of ether oxygens (including phenoxy) is 2. The van der Waals surface area contributed by atoms with E-state index in [1.807, 2.05) is 41.9 Å². The van der Waals surface area contributed by atoms with E-state index in [0.29, 0.717) is 40.3 Å². The number of aryl methyl sites for hydroxylation is 1. The summed E-state index contributed by atoms with van der Waals surface area (Å²) in [5, 5.41) is 14.3. The van der Waals surface area contributed by atoms with Crippen LogP contribution in [0.4, 0.5) is 5.82 Å². The number of aliphatic hydroxyl groups excluding tert-OH is 1. The molecular formula is C37H41Cl2N7O4S. The minimum absolute atomic E-state index is 0. The van der Waals surface area contributed by atoms with E-state index in [9.17, 15) is 9.90 Å². The summed E-state index contributed by atoms with van der Waals surface area (Å²) in [6, 6.07) is 17.9. The first-order valence-electron chi connectivity index (χ1n) is 16.7. The minimum Gasteiger partial charge on any atom is -0.484 e. The maximum atomic E-state index is 11.9. The van der Waals surface area contributed by atoms with Gasteiger partial charge in [0.1, 0.15) is 16.5 Å². The largest absolute Gasteiger partial charge is 0.484 e. The van der Waals surface area contributed by atoms with Crippen LogP contribution >= 0.6 is 35.8 Å². The van der Waals surface area contributed by atoms with E-state index in [4.69, 9.17) is 41.8 Å². The third-order valence-electron chi connectivity index (χ3n) is 9.77. The maximum Gasteiger partial charge on any atom is 0.258 e. The summed E-state index contributed by atoms with van der Waals surface area (Å²) in [4.78, 5) is 29.6. The van der Waals surface area contributed by atoms with Crippen molar-refractivity contribution in [2.75, 3.05) is 44.9 Å². The molecule has 7 rings (SSSR count). The van der Waals surface area contributed by atoms with Crippen molar-refractivity contribution in [3.05, 3.63) is 94.5 Å². The molecule has 11 nitrogen and oxygen atoms in total. The molecule has 1 amide bonds. The Morgan fingerprint density at radius 2 is 1.88 bits per heavy atom. The van der Waals surface area contributed by atoms with E-state index in [2.05, 4.69) is 34.5 Å². The molecule has 1 spiro atoms. The first kappa shape index (κ1) is 36.9. The Bertz CT molecular complexity index is 2020. The van der Waals surface area contributed by atoms with Crippen molar-refractivity contribution in [3.8, 4) is 17.0 Å². The van der Waals surface area contributed by atoms with Gasteiger partial charge in [0.15, 0.2) is 18.1 Å². The summed E-state index contributed by atoms with van der Waals surface area (Å²) in [6.45, 7) is 4.14. The second-order valence-electron chi connectivity index (χ2n) is 12.9. The van der Waals surface area contributed by atoms with E-state index in [-0.39, 0.29) is 43.0 Å². The fourth-order valence-corrected chi connectivity index (χ4v) is 8.17. The van der Waals surface area contributed by atoms with Crippen LogP contribution in [0.2, 0.25) is 5.02 Å². The van der Waals surface area contributed by atoms with Gasteiger partial charge in [0.05, 0.1) is 29.6 Å². The van der Waals surface area contributed by atoms with Gasteiger partial charge in [0.25, 0.3) is 5.91 Å². The number of amides is 1. The van der Waals surface area contributed by atoms with E-state index in [1.54, 1.807) is 19.2 Å². The first-order chi connectivity index (χ1) is 24.3. The standard InChI is InChI=1S/C37H40ClN7O4S.ClH/c1-23-36(43-29(21-46)34(41-23)44-16-12-37(13-17-44)19-25-5-3-4-6-27(25)33(37)39)50-30-11-15-45-20-28(42-35(45)32(30)38)24-7-9-26(10-8-24)49-22-31(47)40-14-18-48-2;/h3-11,15,20,33,46H,12-14,16-19,21-22,39H2,1-2H3,(H,40,47);1H/t33-;/m1./s1. The van der Waals surface area contributed by atoms with Crippen LogP contribution in [0.5, 0.6) is 5.75 Å². The maximum absolute atomic E-state index is 11.9. The Morgan fingerprint density at radius 1 is 1.12 bits per heavy atom. The average molecular weight is 751 g/mol. The number of methoxy groups -OCH3 is 1. The van der Waals surface area contributed by atoms with Crippen LogP contribution < -0.4 is 20.7 Å². The van der Waals surface area contributed by atoms with Gasteiger partial charge in [-0.25, -0.2) is 15.0 Å². The van der Waals surface area contributed by atoms with Gasteiger partial charge in [0, 0.05) is 55.6 Å². The Morgan fingerprint density at radius 3 is 2.61 bits per heavy atom. The number of carbonyl (C=O) groups is 1. The van der Waals surface area contributed by atoms with E-state index in [0.717, 1.165) is 60.0 Å². The summed E-state index contributed by atoms with van der Waals surface area (Å²) in [7, 11) is 1.58. The number of hydrogen-bond donors (Lipinski definition) is 3. The van der Waals surface area contributed by atoms with Gasteiger partial charge >= 0.3 is 0 Å². The zero-order valence-corrected chi connectivity index (χ0v) is 30.9. The number of nitrogens with one attached hydrogen (secondary N) is 1. The number of anilines is 1. The van der Waals surface area contributed by atoms with E-state index >= 15 is 0 Å². The van der Waals surface area contributed by atoms with Crippen molar-refractivity contribution in [1.82, 2.24) is 24.7 Å². The summed E-state index contributed by atoms with van der Waals surface area (Å²) in [5.74, 6) is 1.10. The molecule has 5 aromatic rings. The lowest BCUT2D eigenvalue weighted by atomic mass is 9.73. The number of hydrogen-bond acceptors (Lipinski definition) is 10. The zero-order valence-electron chi connectivity index (χ0n) is 28.5. The van der Waals surface area contributed by atoms with Gasteiger partial charge in [0.2, 0.25) is 0 Å². The molecule has 1 atom stereocenters. The molecule has 268 valence electrons. The Balaban J connectivity index is 0.00000448. The lowest BCUT2D eigenvalue weighted by Crippen LogP contribution is -2.45. The molecule has 2 aliphatic rings. The molecule has 1 aliphatic heterocycles. The second kappa shape index (κ2) is 15.8. The Hall–Kier alpha value is -3.91. The van der Waals surface area contributed by atoms with Crippen LogP contribution in [-0.4, -0.2) is 70.3 Å². The highest BCUT2D eigenvalue weighted by molar-refractivity contribution is 7.99. The number of fused-ring (bicyclic) bond motifs is 2. The smallest absolute Gasteiger partial charge is 0.258 e. The number of aliphatic hydroxyl groups is 1. The number of halogens is 2. The molecule has 0 radical (unpaired) electrons. The van der Waals surface area contributed by atoms with Crippen molar-refractivity contribution < 1.29 is 19.4 Å². The van der Waals surface area contributed by atoms with Crippen LogP contribution in [0.25, 0.3) is 16.9 Å². The molecule has 3 aromatic heterocycles. The number of carbonyl (C=O) groups excluding carboxylic acids is 1. The SMILES string of the molecule is COCCNC(=O)COc1ccc(-c2cn3ccc(Sc4nc(CO)c(N5CCC6(CC5)Cc5ccccc5[C@H]6N)nc4C)c(Cl)c3n2)cc1.Cl. The van der Waals surface area contributed by atoms with Crippen LogP contribution in [0.3, 0.4) is 0 Å². The highest BCUT2D eigenvalue weighted by Gasteiger charge is 2.46. The predicted molar refractivity (Wildman–Crippen MR) is 201 cm³/mol. The molecule has 51 heavy (non-hydrogen) atoms. The molecule has 1 saturated heterocycles. The Labute approximate surface area is 312 Å². The molecule has 0 bridgehead atoms. The van der Waals surface area contributed by atoms with E-state index < -0.39 is 0 Å². The van der Waals surface area contributed by atoms with Gasteiger partial charge in [-0.2, -0.15) is 0 Å². The number of rotatable bonds is 11. The van der Waals surface area contributed by atoms with Gasteiger partial charge in [-0.3, -0.25) is 4.79 Å². The lowest BCUT2D eigenvalue weighted by Gasteiger charge is -2.43. The molecule has 14 heteroatoms. The zero-order chi connectivity index (χ0) is 34.8. The number of nitrogens with zero attached hydrogens (tertiary/aromatic N) is 5. The molecule has 4 heterocycles. The third-order valence-corrected chi connectivity index (χ3v) is 11.4. The number of imidazole rings is 1. The molecule has 4 N–H and O–H groups in total. The van der Waals surface area contributed by atoms with Crippen LogP contribution in [0.15, 0.2) is 76.9 Å². The van der Waals surface area contributed by atoms with E-state index in [1.165, 1.54) is 22.9 Å². The summed E-state index contributed by atoms with van der Waals surface area (Å²) < 4.78 is 12.4. The van der Waals surface area contributed by atoms with Crippen molar-refractivity contribution in [2.24, 2.45) is 11.1 Å². The number of piperidine rings is 1. The molecule has 2 aromatic carbocycles. The minimum atomic E-state index is -0.218. The monoisotopic (exact) mass is 749 g/mol. The van der Waals surface area contributed by atoms with Crippen molar-refractivity contribution >= 4 is 53.1 Å². The van der Waals surface area contributed by atoms with Crippen molar-refractivity contribution in [1.29, 1.82) is 0 Å². The Kier molecular flexibility index (Phi) is 11.4. The van der Waals surface area contributed by atoms with Gasteiger partial charge in [-0.15, -0.1) is 12.4 Å². The normalized spacial score (nSPS) is 16.3. The topological polar surface area (TPSA) is 140 Å². The second-order valence-corrected chi connectivity index (χ2v) is 14.3. The number of pyridine rings is 1. The van der Waals surface area contributed by atoms with Gasteiger partial charge in [-0.1, -0.05) is 47.6 Å². The third kappa shape index (κ3) is 7.53. The van der Waals surface area contributed by atoms with Crippen molar-refractivity contribution in [2.45, 2.75) is 48.8 Å². The summed E-state index contributed by atoms with van der Waals surface area (Å²) in [6.07, 6.45) is 6.75. The predicted octanol–water partition coefficient (Wildman–Crippen LogP) is 5.80. The molecule has 0 unspecified atom stereocenters. The molecule has 1 aliphatic carbocycles. The fraction of sp³-hybridized carbons (Fsp3) is 0.351. The van der Waals surface area contributed by atoms with Crippen LogP contribution in [0.1, 0.15) is 41.4 Å². The highest BCUT2D eigenvalue weighted by Crippen LogP contribution is 2.51. The number of nitrogens with two attached hydrogens (primary N) is 1. The molecule has 0 saturated carbocycles. The quantitative estimate of drug-likeness (QED) is 0.142. The van der Waals surface area contributed by atoms with Gasteiger partial charge in [-0.05, 0) is 73.1 Å².